The number of nitrogens with zero attached hydrogens (tertiary/aromatic N) is 1. The van der Waals surface area contributed by atoms with Crippen molar-refractivity contribution in [2.24, 2.45) is 5.92 Å². The summed E-state index contributed by atoms with van der Waals surface area (Å²) in [5, 5.41) is 8.99. The summed E-state index contributed by atoms with van der Waals surface area (Å²) < 4.78 is 28.7. The molecule has 15 heteroatoms. The monoisotopic (exact) mass is 794 g/mol. The fourth-order valence-electron chi connectivity index (χ4n) is 6.50. The van der Waals surface area contributed by atoms with E-state index in [9.17, 15) is 23.8 Å². The van der Waals surface area contributed by atoms with E-state index in [4.69, 9.17) is 18.8 Å². The van der Waals surface area contributed by atoms with E-state index in [1.54, 1.807) is 4.90 Å². The van der Waals surface area contributed by atoms with Gasteiger partial charge in [0.15, 0.2) is 6.61 Å². The number of ether oxygens (including phenoxy) is 1. The number of phosphoric acid groups is 1. The average Bonchev–Trinajstić information content (AvgIpc) is 3.11. The zero-order valence-electron chi connectivity index (χ0n) is 31.2. The molecule has 0 aromatic heterocycles. The molecule has 4 N–H and O–H groups in total. The Morgan fingerprint density at radius 1 is 0.926 bits per heavy atom. The van der Waals surface area contributed by atoms with Gasteiger partial charge in [-0.05, 0) is 74.6 Å². The van der Waals surface area contributed by atoms with Gasteiger partial charge in [-0.25, -0.2) is 14.2 Å². The van der Waals surface area contributed by atoms with Crippen molar-refractivity contribution in [3.05, 3.63) is 101 Å². The van der Waals surface area contributed by atoms with Gasteiger partial charge in [0, 0.05) is 19.1 Å². The van der Waals surface area contributed by atoms with Crippen LogP contribution in [-0.2, 0) is 41.1 Å². The molecule has 0 spiro atoms. The molecule has 13 nitrogen and oxygen atoms in total. The average molecular weight is 795 g/mol. The van der Waals surface area contributed by atoms with Gasteiger partial charge in [-0.15, -0.1) is 4.67 Å². The van der Waals surface area contributed by atoms with E-state index in [1.807, 2.05) is 107 Å². The minimum absolute atomic E-state index is 0. The first-order valence-corrected chi connectivity index (χ1v) is 19.6. The third kappa shape index (κ3) is 14.3. The normalized spacial score (nSPS) is 16.2. The summed E-state index contributed by atoms with van der Waals surface area (Å²) in [6.45, 7) is 9.66. The van der Waals surface area contributed by atoms with Crippen LogP contribution in [0.2, 0.25) is 0 Å². The maximum atomic E-state index is 14.1. The number of rotatable bonds is 20. The van der Waals surface area contributed by atoms with Crippen LogP contribution in [0.25, 0.3) is 0 Å². The van der Waals surface area contributed by atoms with Gasteiger partial charge in [0.1, 0.15) is 17.9 Å². The molecular formula is C39H55CaN4O9P. The number of para-hydroxylation sites is 1. The maximum absolute atomic E-state index is 14.1. The number of carbonyl (C=O) groups excluding carboxylic acids is 3. The molecule has 292 valence electrons. The molecule has 54 heavy (non-hydrogen) atoms. The van der Waals surface area contributed by atoms with Crippen molar-refractivity contribution < 1.29 is 42.7 Å². The molecule has 4 amide bonds. The Kier molecular flexibility index (Phi) is 18.9. The van der Waals surface area contributed by atoms with Gasteiger partial charge in [0.05, 0.1) is 12.6 Å². The van der Waals surface area contributed by atoms with E-state index >= 15 is 0 Å². The number of phosphoric ester groups is 1. The molecule has 1 fully saturated rings. The number of aryl methyl sites for hydroxylation is 2. The molecular weight excluding hydrogens is 740 g/mol. The van der Waals surface area contributed by atoms with Crippen LogP contribution >= 0.6 is 7.82 Å². The molecule has 3 aromatic carbocycles. The van der Waals surface area contributed by atoms with Crippen LogP contribution in [-0.4, -0.2) is 116 Å². The predicted molar refractivity (Wildman–Crippen MR) is 209 cm³/mol. The van der Waals surface area contributed by atoms with Crippen molar-refractivity contribution in [2.75, 3.05) is 26.3 Å². The topological polar surface area (TPSA) is 165 Å². The van der Waals surface area contributed by atoms with Gasteiger partial charge in [-0.2, -0.15) is 0 Å². The first kappa shape index (κ1) is 45.4. The third-order valence-corrected chi connectivity index (χ3v) is 9.80. The molecule has 1 unspecified atom stereocenters. The molecule has 1 heterocycles. The first-order chi connectivity index (χ1) is 25.4. The molecule has 3 aromatic rings. The molecule has 0 radical (unpaired) electrons. The van der Waals surface area contributed by atoms with E-state index in [2.05, 4.69) is 16.0 Å². The second-order valence-electron chi connectivity index (χ2n) is 13.6. The molecule has 4 rings (SSSR count). The standard InChI is InChI=1S/C39H53N4O9P.Ca.2H/c1-6-50-53(47,48)52-51-34(33(24-31-19-11-8-12-20-31)42-35(44)26-49-37-28(4)15-13-16-29(37)5)25-32(23-30-17-9-7-10-18-30)41-38(45)36(27(2)3)43-22-14-21-40-39(43)46;;;/h7-13,15-20,27,32-34,36H,6,14,21-26H2,1-5H3,(H,40,46)(H,41,45)(H,42,44)(H,47,48);;;/t32-,33-,34-,36-;;;/m0.../s1. The van der Waals surface area contributed by atoms with Gasteiger partial charge >= 0.3 is 51.6 Å². The fourth-order valence-corrected chi connectivity index (χ4v) is 7.09. The number of hydrogen-bond acceptors (Lipinski definition) is 8. The predicted octanol–water partition coefficient (Wildman–Crippen LogP) is 4.50. The SMILES string of the molecule is CCOP(=O)(O)OO[C@@H](C[C@H](Cc1ccccc1)NC(=O)[C@H](C(C)C)N1CCCNC1=O)[C@H](Cc1ccccc1)NC(=O)COc1c(C)cccc1C.[CaH2]. The number of hydrogen-bond donors (Lipinski definition) is 4. The zero-order chi connectivity index (χ0) is 38.4. The Hall–Kier alpha value is -3.00. The van der Waals surface area contributed by atoms with E-state index in [-0.39, 0.29) is 81.6 Å². The first-order valence-electron chi connectivity index (χ1n) is 18.1. The molecule has 1 aliphatic rings. The molecule has 1 aliphatic heterocycles. The Labute approximate surface area is 348 Å². The van der Waals surface area contributed by atoms with Gasteiger partial charge in [0.2, 0.25) is 5.91 Å². The Balaban J connectivity index is 0.00000784. The number of amides is 4. The molecule has 0 bridgehead atoms. The van der Waals surface area contributed by atoms with Gasteiger partial charge in [0.25, 0.3) is 5.91 Å². The van der Waals surface area contributed by atoms with Crippen LogP contribution in [0, 0.1) is 19.8 Å². The molecule has 1 saturated heterocycles. The van der Waals surface area contributed by atoms with Crippen LogP contribution in [0.4, 0.5) is 4.79 Å². The van der Waals surface area contributed by atoms with Crippen LogP contribution < -0.4 is 20.7 Å². The molecule has 0 aliphatic carbocycles. The summed E-state index contributed by atoms with van der Waals surface area (Å²) in [6, 6.07) is 22.1. The van der Waals surface area contributed by atoms with Crippen molar-refractivity contribution >= 4 is 63.4 Å². The fraction of sp³-hybridized carbons (Fsp3) is 0.462. The van der Waals surface area contributed by atoms with E-state index in [1.165, 1.54) is 6.92 Å². The minimum atomic E-state index is -4.66. The summed E-state index contributed by atoms with van der Waals surface area (Å²) in [7, 11) is -4.66. The van der Waals surface area contributed by atoms with Gasteiger partial charge < -0.3 is 30.5 Å². The molecule has 0 saturated carbocycles. The Morgan fingerprint density at radius 2 is 1.54 bits per heavy atom. The van der Waals surface area contributed by atoms with Crippen LogP contribution in [0.3, 0.4) is 0 Å². The summed E-state index contributed by atoms with van der Waals surface area (Å²) >= 11 is 0. The summed E-state index contributed by atoms with van der Waals surface area (Å²) in [5.74, 6) is -0.423. The third-order valence-electron chi connectivity index (χ3n) is 8.94. The van der Waals surface area contributed by atoms with E-state index in [0.29, 0.717) is 31.7 Å². The van der Waals surface area contributed by atoms with Crippen LogP contribution in [0.5, 0.6) is 5.75 Å². The van der Waals surface area contributed by atoms with Crippen molar-refractivity contribution in [3.63, 3.8) is 0 Å². The van der Waals surface area contributed by atoms with Gasteiger partial charge in [-0.1, -0.05) is 92.7 Å². The van der Waals surface area contributed by atoms with Crippen molar-refractivity contribution in [1.82, 2.24) is 20.9 Å². The van der Waals surface area contributed by atoms with E-state index in [0.717, 1.165) is 22.3 Å². The number of nitrogens with one attached hydrogen (secondary N) is 3. The van der Waals surface area contributed by atoms with Crippen molar-refractivity contribution in [2.45, 2.75) is 84.5 Å². The second-order valence-corrected chi connectivity index (χ2v) is 14.9. The number of urea groups is 1. The van der Waals surface area contributed by atoms with Crippen molar-refractivity contribution in [1.29, 1.82) is 0 Å². The van der Waals surface area contributed by atoms with Crippen LogP contribution in [0.15, 0.2) is 78.9 Å². The Bertz CT molecular complexity index is 1660. The summed E-state index contributed by atoms with van der Waals surface area (Å²) in [6.07, 6.45) is 0.221. The Morgan fingerprint density at radius 3 is 2.11 bits per heavy atom. The van der Waals surface area contributed by atoms with Gasteiger partial charge in [-0.3, -0.25) is 14.1 Å². The van der Waals surface area contributed by atoms with E-state index < -0.39 is 38.0 Å². The summed E-state index contributed by atoms with van der Waals surface area (Å²) in [4.78, 5) is 58.3. The van der Waals surface area contributed by atoms with Crippen molar-refractivity contribution in [3.8, 4) is 5.75 Å². The second kappa shape index (κ2) is 22.5. The van der Waals surface area contributed by atoms with Crippen LogP contribution in [0.1, 0.15) is 55.9 Å². The molecule has 5 atom stereocenters. The summed E-state index contributed by atoms with van der Waals surface area (Å²) in [5.41, 5.74) is 3.51. The quantitative estimate of drug-likeness (QED) is 0.0558. The zero-order valence-corrected chi connectivity index (χ0v) is 32.1. The number of benzene rings is 3. The number of carbonyl (C=O) groups is 3.